The summed E-state index contributed by atoms with van der Waals surface area (Å²) in [4.78, 5) is 31.0. The summed E-state index contributed by atoms with van der Waals surface area (Å²) in [6.07, 6.45) is 4.77. The van der Waals surface area contributed by atoms with Crippen molar-refractivity contribution >= 4 is 11.8 Å². The fraction of sp³-hybridized carbons (Fsp3) is 0.273. The number of benzene rings is 1. The van der Waals surface area contributed by atoms with E-state index >= 15 is 0 Å². The SMILES string of the molecule is O=C(NCc1cccnc1)C1CCN(C(=O)c2cc(-c3ccccc3)n[nH]2)CC1. The van der Waals surface area contributed by atoms with Gasteiger partial charge in [-0.2, -0.15) is 5.10 Å². The van der Waals surface area contributed by atoms with Crippen molar-refractivity contribution in [2.75, 3.05) is 13.1 Å². The Morgan fingerprint density at radius 3 is 2.62 bits per heavy atom. The molecule has 0 saturated carbocycles. The molecule has 0 aliphatic carbocycles. The van der Waals surface area contributed by atoms with Crippen LogP contribution in [0.5, 0.6) is 0 Å². The number of piperidine rings is 1. The summed E-state index contributed by atoms with van der Waals surface area (Å²) < 4.78 is 0. The monoisotopic (exact) mass is 389 g/mol. The predicted octanol–water partition coefficient (Wildman–Crippen LogP) is 2.64. The predicted molar refractivity (Wildman–Crippen MR) is 109 cm³/mol. The fourth-order valence-corrected chi connectivity index (χ4v) is 3.54. The fourth-order valence-electron chi connectivity index (χ4n) is 3.54. The minimum atomic E-state index is -0.0751. The van der Waals surface area contributed by atoms with Crippen molar-refractivity contribution in [2.24, 2.45) is 5.92 Å². The highest BCUT2D eigenvalue weighted by molar-refractivity contribution is 5.93. The van der Waals surface area contributed by atoms with Gasteiger partial charge in [-0.15, -0.1) is 0 Å². The van der Waals surface area contributed by atoms with Gasteiger partial charge in [-0.05, 0) is 30.5 Å². The molecule has 0 unspecified atom stereocenters. The second-order valence-electron chi connectivity index (χ2n) is 7.18. The van der Waals surface area contributed by atoms with Crippen molar-refractivity contribution in [2.45, 2.75) is 19.4 Å². The largest absolute Gasteiger partial charge is 0.352 e. The van der Waals surface area contributed by atoms with E-state index in [0.717, 1.165) is 16.8 Å². The van der Waals surface area contributed by atoms with Gasteiger partial charge >= 0.3 is 0 Å². The molecule has 1 fully saturated rings. The lowest BCUT2D eigenvalue weighted by molar-refractivity contribution is -0.126. The average molecular weight is 389 g/mol. The summed E-state index contributed by atoms with van der Waals surface area (Å²) in [5.74, 6) is -0.111. The molecule has 4 rings (SSSR count). The number of amides is 2. The number of rotatable bonds is 5. The van der Waals surface area contributed by atoms with E-state index in [1.807, 2.05) is 42.5 Å². The molecule has 1 aliphatic rings. The number of likely N-dealkylation sites (tertiary alicyclic amines) is 1. The molecule has 3 heterocycles. The minimum absolute atomic E-state index is 0.0360. The van der Waals surface area contributed by atoms with Crippen LogP contribution in [0.2, 0.25) is 0 Å². The lowest BCUT2D eigenvalue weighted by Gasteiger charge is -2.31. The average Bonchev–Trinajstić information content (AvgIpc) is 3.29. The summed E-state index contributed by atoms with van der Waals surface area (Å²) in [5.41, 5.74) is 3.16. The van der Waals surface area contributed by atoms with E-state index < -0.39 is 0 Å². The molecule has 7 heteroatoms. The first-order valence-corrected chi connectivity index (χ1v) is 9.77. The van der Waals surface area contributed by atoms with E-state index in [0.29, 0.717) is 38.2 Å². The Morgan fingerprint density at radius 2 is 1.90 bits per heavy atom. The number of hydrogen-bond acceptors (Lipinski definition) is 4. The maximum Gasteiger partial charge on any atom is 0.271 e. The Labute approximate surface area is 169 Å². The van der Waals surface area contributed by atoms with Gasteiger partial charge in [0.05, 0.1) is 5.69 Å². The quantitative estimate of drug-likeness (QED) is 0.702. The third-order valence-electron chi connectivity index (χ3n) is 5.22. The van der Waals surface area contributed by atoms with Crippen molar-refractivity contribution in [1.29, 1.82) is 0 Å². The molecule has 148 valence electrons. The number of carbonyl (C=O) groups is 2. The van der Waals surface area contributed by atoms with Crippen LogP contribution in [0.3, 0.4) is 0 Å². The van der Waals surface area contributed by atoms with Gasteiger partial charge in [0.1, 0.15) is 5.69 Å². The van der Waals surface area contributed by atoms with Crippen molar-refractivity contribution < 1.29 is 9.59 Å². The number of aromatic nitrogens is 3. The molecule has 0 atom stereocenters. The van der Waals surface area contributed by atoms with E-state index in [-0.39, 0.29) is 17.7 Å². The molecule has 0 spiro atoms. The normalized spacial score (nSPS) is 14.6. The minimum Gasteiger partial charge on any atom is -0.352 e. The lowest BCUT2D eigenvalue weighted by Crippen LogP contribution is -2.43. The number of nitrogens with zero attached hydrogens (tertiary/aromatic N) is 3. The van der Waals surface area contributed by atoms with Crippen LogP contribution in [0, 0.1) is 5.92 Å². The topological polar surface area (TPSA) is 91.0 Å². The van der Waals surface area contributed by atoms with E-state index in [1.165, 1.54) is 0 Å². The van der Waals surface area contributed by atoms with E-state index in [1.54, 1.807) is 23.4 Å². The zero-order chi connectivity index (χ0) is 20.1. The first kappa shape index (κ1) is 18.9. The van der Waals surface area contributed by atoms with Gasteiger partial charge in [-0.3, -0.25) is 19.7 Å². The Hall–Kier alpha value is -3.48. The maximum absolute atomic E-state index is 12.8. The molecule has 0 radical (unpaired) electrons. The van der Waals surface area contributed by atoms with E-state index in [9.17, 15) is 9.59 Å². The smallest absolute Gasteiger partial charge is 0.271 e. The zero-order valence-electron chi connectivity index (χ0n) is 16.0. The molecule has 1 aliphatic heterocycles. The highest BCUT2D eigenvalue weighted by Crippen LogP contribution is 2.21. The summed E-state index contributed by atoms with van der Waals surface area (Å²) in [7, 11) is 0. The van der Waals surface area contributed by atoms with Crippen LogP contribution in [0.4, 0.5) is 0 Å². The Kier molecular flexibility index (Phi) is 5.65. The molecule has 2 amide bonds. The first-order valence-electron chi connectivity index (χ1n) is 9.77. The van der Waals surface area contributed by atoms with Gasteiger partial charge in [-0.25, -0.2) is 0 Å². The van der Waals surface area contributed by atoms with Crippen LogP contribution in [-0.4, -0.2) is 45.0 Å². The summed E-state index contributed by atoms with van der Waals surface area (Å²) in [6, 6.07) is 15.3. The summed E-state index contributed by atoms with van der Waals surface area (Å²) in [6.45, 7) is 1.59. The Morgan fingerprint density at radius 1 is 1.10 bits per heavy atom. The van der Waals surface area contributed by atoms with Crippen molar-refractivity contribution in [3.8, 4) is 11.3 Å². The van der Waals surface area contributed by atoms with Crippen molar-refractivity contribution in [1.82, 2.24) is 25.4 Å². The van der Waals surface area contributed by atoms with Crippen LogP contribution in [0.15, 0.2) is 60.9 Å². The van der Waals surface area contributed by atoms with Gasteiger partial charge in [0.25, 0.3) is 5.91 Å². The number of nitrogens with one attached hydrogen (secondary N) is 2. The number of H-pyrrole nitrogens is 1. The third kappa shape index (κ3) is 4.51. The molecular formula is C22H23N5O2. The number of aromatic amines is 1. The lowest BCUT2D eigenvalue weighted by atomic mass is 9.95. The molecule has 2 aromatic heterocycles. The van der Waals surface area contributed by atoms with E-state index in [2.05, 4.69) is 20.5 Å². The van der Waals surface area contributed by atoms with Crippen LogP contribution < -0.4 is 5.32 Å². The first-order chi connectivity index (χ1) is 14.2. The van der Waals surface area contributed by atoms with Crippen LogP contribution in [0.1, 0.15) is 28.9 Å². The zero-order valence-corrected chi connectivity index (χ0v) is 16.0. The molecule has 2 N–H and O–H groups in total. The van der Waals surface area contributed by atoms with Crippen molar-refractivity contribution in [3.63, 3.8) is 0 Å². The van der Waals surface area contributed by atoms with Crippen LogP contribution >= 0.6 is 0 Å². The van der Waals surface area contributed by atoms with Gasteiger partial charge < -0.3 is 10.2 Å². The Bertz CT molecular complexity index is 963. The molecule has 29 heavy (non-hydrogen) atoms. The van der Waals surface area contributed by atoms with Crippen LogP contribution in [-0.2, 0) is 11.3 Å². The highest BCUT2D eigenvalue weighted by Gasteiger charge is 2.28. The second kappa shape index (κ2) is 8.68. The molecule has 3 aromatic rings. The highest BCUT2D eigenvalue weighted by atomic mass is 16.2. The summed E-state index contributed by atoms with van der Waals surface area (Å²) in [5, 5.41) is 10.1. The molecular weight excluding hydrogens is 366 g/mol. The number of pyridine rings is 1. The van der Waals surface area contributed by atoms with Crippen LogP contribution in [0.25, 0.3) is 11.3 Å². The molecule has 7 nitrogen and oxygen atoms in total. The molecule has 1 aromatic carbocycles. The van der Waals surface area contributed by atoms with E-state index in [4.69, 9.17) is 0 Å². The standard InChI is InChI=1S/C22H23N5O2/c28-21(24-15-16-5-4-10-23-14-16)18-8-11-27(12-9-18)22(29)20-13-19(25-26-20)17-6-2-1-3-7-17/h1-7,10,13-14,18H,8-9,11-12,15H2,(H,24,28)(H,25,26). The van der Waals surface area contributed by atoms with Crippen molar-refractivity contribution in [3.05, 3.63) is 72.2 Å². The van der Waals surface area contributed by atoms with Gasteiger partial charge in [-0.1, -0.05) is 36.4 Å². The van der Waals surface area contributed by atoms with Gasteiger partial charge in [0.15, 0.2) is 0 Å². The third-order valence-corrected chi connectivity index (χ3v) is 5.22. The maximum atomic E-state index is 12.8. The molecule has 0 bridgehead atoms. The number of hydrogen-bond donors (Lipinski definition) is 2. The molecule has 1 saturated heterocycles. The van der Waals surface area contributed by atoms with Gasteiger partial charge in [0.2, 0.25) is 5.91 Å². The van der Waals surface area contributed by atoms with Gasteiger partial charge in [0, 0.05) is 43.5 Å². The second-order valence-corrected chi connectivity index (χ2v) is 7.18. The number of carbonyl (C=O) groups excluding carboxylic acids is 2. The summed E-state index contributed by atoms with van der Waals surface area (Å²) >= 11 is 0. The Balaban J connectivity index is 1.29.